The predicted octanol–water partition coefficient (Wildman–Crippen LogP) is 17.1. The molecule has 8 aliphatic rings. The third kappa shape index (κ3) is 68.7. The number of nitrogens with two attached hydrogens (primary N) is 1. The predicted molar refractivity (Wildman–Crippen MR) is 447 cm³/mol. The number of amides is 2. The van der Waals surface area contributed by atoms with Crippen LogP contribution in [-0.2, 0) is 1050 Å². The Bertz CT molecular complexity index is 5030. The number of nitrogens with one attached hydrogen (secondary N) is 2. The number of para-hydroxylation sites is 4. The van der Waals surface area contributed by atoms with E-state index in [2.05, 4.69) is 184 Å². The van der Waals surface area contributed by atoms with Crippen LogP contribution in [0.4, 0.5) is 10.5 Å². The Morgan fingerprint density at radius 1 is 0.373 bits per heavy atom. The first-order valence-electron chi connectivity index (χ1n) is 38.1. The Kier molecular flexibility index (Phi) is 167. The van der Waals surface area contributed by atoms with Crippen molar-refractivity contribution in [2.24, 2.45) is 5.73 Å². The number of sulfonamides is 1. The van der Waals surface area contributed by atoms with Crippen LogP contribution in [0.15, 0.2) is 218 Å². The third-order valence-electron chi connectivity index (χ3n) is 21.7. The van der Waals surface area contributed by atoms with Gasteiger partial charge in [-0.15, -0.1) is 0 Å². The minimum absolute atomic E-state index is 0. The fraction of sp³-hybridized carbons (Fsp3) is 0.366. The Hall–Kier alpha value is 24.1. The smallest absolute Gasteiger partial charge is 0.410 e. The fourth-order valence-electron chi connectivity index (χ4n) is 15.5. The van der Waals surface area contributed by atoms with E-state index in [9.17, 15) is 18.0 Å². The van der Waals surface area contributed by atoms with Gasteiger partial charge in [0.2, 0.25) is 15.9 Å². The van der Waals surface area contributed by atoms with E-state index < -0.39 is 21.2 Å². The molecule has 4 fully saturated rings. The van der Waals surface area contributed by atoms with E-state index >= 15 is 0 Å². The zero-order valence-corrected chi connectivity index (χ0v) is 171. The first kappa shape index (κ1) is 215. The first-order valence-corrected chi connectivity index (χ1v) is 40.0. The molecule has 0 atom stereocenters. The second kappa shape index (κ2) is 110. The summed E-state index contributed by atoms with van der Waals surface area (Å²) in [7, 11) is 3.27. The normalized spacial score (nSPS) is 14.2. The number of rotatable bonds is 10. The molecule has 142 heavy (non-hydrogen) atoms. The van der Waals surface area contributed by atoms with Gasteiger partial charge in [0.1, 0.15) is 51.0 Å². The number of piperidine rings is 4. The topological polar surface area (TPSA) is 182 Å². The van der Waals surface area contributed by atoms with Gasteiger partial charge in [-0.1, -0.05) is 160 Å². The van der Waals surface area contributed by atoms with Gasteiger partial charge in [0.05, 0.1) is 12.8 Å². The van der Waals surface area contributed by atoms with Gasteiger partial charge in [0.25, 0.3) is 0 Å². The summed E-state index contributed by atoms with van der Waals surface area (Å²) in [6.45, 7) is 23.3. The van der Waals surface area contributed by atoms with Crippen LogP contribution >= 0.6 is 0 Å². The summed E-state index contributed by atoms with van der Waals surface area (Å²) in [6, 6.07) is 65.6. The van der Waals surface area contributed by atoms with E-state index in [1.54, 1.807) is 11.8 Å². The summed E-state index contributed by atoms with van der Waals surface area (Å²) >= 11 is 0. The molecule has 4 saturated heterocycles. The summed E-state index contributed by atoms with van der Waals surface area (Å²) in [5.41, 5.74) is 21.6. The summed E-state index contributed by atoms with van der Waals surface area (Å²) in [5, 5.41) is 2.88. The maximum absolute atomic E-state index is 12.5. The molecular weight excluding hydrogens is 4160 g/mol. The molecule has 8 aromatic rings. The van der Waals surface area contributed by atoms with E-state index in [0.29, 0.717) is 44.7 Å². The van der Waals surface area contributed by atoms with Crippen LogP contribution in [0.1, 0.15) is 155 Å². The van der Waals surface area contributed by atoms with Crippen molar-refractivity contribution in [3.8, 4) is 23.0 Å². The fourth-order valence-corrected chi connectivity index (χ4v) is 16.0. The van der Waals surface area contributed by atoms with Gasteiger partial charge < -0.3 is 54.3 Å². The van der Waals surface area contributed by atoms with Crippen LogP contribution in [0.5, 0.6) is 23.0 Å². The van der Waals surface area contributed by atoms with Crippen LogP contribution < -0.4 is 34.7 Å². The van der Waals surface area contributed by atoms with Crippen molar-refractivity contribution in [2.45, 2.75) is 142 Å². The van der Waals surface area contributed by atoms with Crippen LogP contribution in [-0.4, -0.2) is 148 Å². The first-order chi connectivity index (χ1) is 52.4. The number of hydrogen-bond acceptors (Lipinski definition) is 13. The molecular formula is C93H110N8O9SY31. The van der Waals surface area contributed by atoms with Crippen molar-refractivity contribution in [2.75, 3.05) is 79.8 Å². The molecule has 0 saturated carbocycles. The van der Waals surface area contributed by atoms with Gasteiger partial charge >= 0.3 is 6.09 Å². The molecule has 0 aliphatic carbocycles. The molecule has 4 N–H and O–H groups in total. The van der Waals surface area contributed by atoms with Gasteiger partial charge in [-0.25, -0.2) is 22.8 Å². The van der Waals surface area contributed by atoms with Crippen molar-refractivity contribution < 1.29 is 1060 Å². The van der Waals surface area contributed by atoms with Crippen molar-refractivity contribution in [1.82, 2.24) is 29.6 Å². The summed E-state index contributed by atoms with van der Waals surface area (Å²) in [5.74, 6) is 3.71. The molecule has 0 bridgehead atoms. The van der Waals surface area contributed by atoms with Crippen molar-refractivity contribution in [3.63, 3.8) is 0 Å². The molecule has 8 aromatic carbocycles. The summed E-state index contributed by atoms with van der Waals surface area (Å²) < 4.78 is 56.9. The van der Waals surface area contributed by atoms with Crippen molar-refractivity contribution in [1.29, 1.82) is 0 Å². The van der Waals surface area contributed by atoms with Gasteiger partial charge in [-0.2, -0.15) is 0 Å². The molecule has 675 valence electrons. The molecule has 31 radical (unpaired) electrons. The standard InChI is InChI=1S/C25H26N2O3.C23H26N2O2.C22H26N2O3S.C21H24N2O.2CH4.31Y/c1-24(2,3)30-23(28)27-14-12-25(13-15-27)17-21(18-8-7-9-19(16-18)26-4)20-10-5-6-11-22(20)29-25;1-17(26)24-16-18-6-5-7-19(14-18)21-15-23(10-12-25(2)13-11-23)27-22-9-4-3-8-20(21)22;1-24-12-10-22(11-13-24)15-20(19-8-3-4-9-21(19)27-22)18-7-5-6-17(14-18)16-23-28(2,25)26;1-23-11-9-21(10-12-23)14-19(17-6-4-5-16(13-17)15-22)18-7-2-3-8-20(18)24-21;;;;;;;;;;;;;;;;;;;;;;;;;;;;;;;;;/h5-11,16-17H,12-15H2,1-3H3;3-9,14-15H,10-13,16H2,1-2H3,(H,24,26);3-9,14-15,23H,10-13,16H2,1-2H3;2-8,13-14H,9-12,15,22H2,1H3;2*1H4;;;;;;;;;;;;;;;;;;;;;;;;;;;;;;;. The Labute approximate surface area is 1630 Å². The Morgan fingerprint density at radius 3 is 0.880 bits per heavy atom. The quantitative estimate of drug-likeness (QED) is 0.110. The van der Waals surface area contributed by atoms with Crippen molar-refractivity contribution in [3.05, 3.63) is 291 Å². The molecule has 8 heterocycles. The molecule has 16 rings (SSSR count). The SMILES string of the molecule is C.C.CC(=O)NCc1cccc(C2=CC3(CCN(C)CC3)Oc3ccccc32)c1.CN1CCC2(C=C(c3cccc(CN)c3)c3ccccc3O2)CC1.CN1CCC2(C=C(c3cccc(CNS(C)(=O)=O)c3)c3ccccc3O2)CC1.[C-]#[N+]c1cccc(C2=CC3(CCN(C(=O)OC(C)(C)C)CC3)Oc3ccccc32)c1.[Y].[Y].[Y].[Y].[Y].[Y].[Y].[Y].[Y].[Y].[Y].[Y].[Y].[Y].[Y].[Y].[Y].[Y].[Y].[Y].[Y].[Y].[Y].[Y].[Y].[Y].[Y].[Y].[Y].[Y].[Y]. The van der Waals surface area contributed by atoms with E-state index in [1.165, 1.54) is 34.1 Å². The van der Waals surface area contributed by atoms with Crippen molar-refractivity contribution >= 4 is 50.0 Å². The Morgan fingerprint density at radius 2 is 0.620 bits per heavy atom. The minimum Gasteiger partial charge on any atom is -0.482 e. The van der Waals surface area contributed by atoms with Crippen LogP contribution in [0.3, 0.4) is 0 Å². The zero-order chi connectivity index (χ0) is 76.6. The van der Waals surface area contributed by atoms with E-state index in [4.69, 9.17) is 36.0 Å². The number of ether oxygens (including phenoxy) is 5. The second-order valence-corrected chi connectivity index (χ2v) is 33.1. The largest absolute Gasteiger partial charge is 0.482 e. The number of carbonyl (C=O) groups is 2. The number of likely N-dealkylation sites (tertiary alicyclic amines) is 4. The molecule has 49 heteroatoms. The van der Waals surface area contributed by atoms with Crippen LogP contribution in [0.2, 0.25) is 0 Å². The van der Waals surface area contributed by atoms with Gasteiger partial charge in [0, 0.05) is 1170 Å². The Balaban J connectivity index is -0.0000000673. The number of hydrogen-bond donors (Lipinski definition) is 3. The number of fused-ring (bicyclic) bond motifs is 4. The number of benzene rings is 8. The molecule has 17 nitrogen and oxygen atoms in total. The molecule has 4 spiro atoms. The van der Waals surface area contributed by atoms with Crippen LogP contribution in [0, 0.1) is 6.57 Å². The molecule has 8 aliphatic heterocycles. The average Bonchev–Trinajstić information content (AvgIpc) is 0.775. The average molecular weight is 4270 g/mol. The van der Waals surface area contributed by atoms with Gasteiger partial charge in [0.15, 0.2) is 5.69 Å². The summed E-state index contributed by atoms with van der Waals surface area (Å²) in [4.78, 5) is 36.1. The van der Waals surface area contributed by atoms with E-state index in [0.717, 1.165) is 156 Å². The monoisotopic (exact) mass is 4270 g/mol. The van der Waals surface area contributed by atoms with Crippen LogP contribution in [0.25, 0.3) is 27.1 Å². The van der Waals surface area contributed by atoms with Gasteiger partial charge in [-0.3, -0.25) is 4.79 Å². The second-order valence-electron chi connectivity index (χ2n) is 31.2. The third-order valence-corrected chi connectivity index (χ3v) is 22.3. The number of carbonyl (C=O) groups excluding carboxylic acids is 2. The zero-order valence-electron chi connectivity index (χ0n) is 82.0. The molecule has 0 unspecified atom stereocenters. The van der Waals surface area contributed by atoms with Gasteiger partial charge in [-0.05, 0) is 176 Å². The number of nitrogens with zero attached hydrogens (tertiary/aromatic N) is 5. The van der Waals surface area contributed by atoms with E-state index in [-0.39, 0.29) is 1060 Å². The summed E-state index contributed by atoms with van der Waals surface area (Å²) in [6.07, 6.45) is 17.4. The molecule has 0 aromatic heterocycles. The minimum atomic E-state index is -3.23. The maximum Gasteiger partial charge on any atom is 0.410 e. The maximum atomic E-state index is 12.5. The van der Waals surface area contributed by atoms with E-state index in [1.807, 2.05) is 106 Å². The molecule has 2 amide bonds.